The zero-order valence-corrected chi connectivity index (χ0v) is 12.3. The van der Waals surface area contributed by atoms with Crippen molar-refractivity contribution in [2.45, 2.75) is 32.2 Å². The van der Waals surface area contributed by atoms with Gasteiger partial charge in [0.2, 0.25) is 0 Å². The van der Waals surface area contributed by atoms with E-state index < -0.39 is 5.54 Å². The first kappa shape index (κ1) is 17.6. The average molecular weight is 289 g/mol. The third-order valence-corrected chi connectivity index (χ3v) is 3.20. The molecule has 0 saturated carbocycles. The van der Waals surface area contributed by atoms with Crippen molar-refractivity contribution in [3.05, 3.63) is 28.2 Å². The Hall–Kier alpha value is -1.40. The molecule has 1 heterocycles. The van der Waals surface area contributed by atoms with E-state index in [0.29, 0.717) is 6.54 Å². The van der Waals surface area contributed by atoms with Gasteiger partial charge in [-0.2, -0.15) is 5.10 Å². The molecule has 0 spiro atoms. The minimum atomic E-state index is -0.393. The van der Waals surface area contributed by atoms with Crippen molar-refractivity contribution in [3.63, 3.8) is 0 Å². The van der Waals surface area contributed by atoms with Gasteiger partial charge >= 0.3 is 0 Å². The Balaban J connectivity index is 0.00000324. The molecule has 0 aliphatic heterocycles. The van der Waals surface area contributed by atoms with Gasteiger partial charge in [-0.1, -0.05) is 13.8 Å². The van der Waals surface area contributed by atoms with E-state index in [-0.39, 0.29) is 29.6 Å². The number of aryl methyl sites for hydroxylation is 1. The van der Waals surface area contributed by atoms with Crippen LogP contribution in [0.2, 0.25) is 0 Å². The van der Waals surface area contributed by atoms with Gasteiger partial charge in [0.1, 0.15) is 5.69 Å². The number of amides is 1. The van der Waals surface area contributed by atoms with E-state index in [1.54, 1.807) is 0 Å². The lowest BCUT2D eigenvalue weighted by atomic mass is 9.94. The first-order valence-corrected chi connectivity index (χ1v) is 6.03. The molecular formula is C12H21ClN4O2. The summed E-state index contributed by atoms with van der Waals surface area (Å²) in [6.07, 6.45) is 1.56. The largest absolute Gasteiger partial charge is 0.349 e. The molecule has 0 radical (unpaired) electrons. The average Bonchev–Trinajstić information content (AvgIpc) is 2.38. The van der Waals surface area contributed by atoms with Crippen molar-refractivity contribution in [2.75, 3.05) is 6.54 Å². The van der Waals surface area contributed by atoms with E-state index in [4.69, 9.17) is 5.73 Å². The first-order valence-electron chi connectivity index (χ1n) is 6.03. The summed E-state index contributed by atoms with van der Waals surface area (Å²) in [5.74, 6) is -0.317. The van der Waals surface area contributed by atoms with Crippen molar-refractivity contribution in [2.24, 2.45) is 12.8 Å². The van der Waals surface area contributed by atoms with Gasteiger partial charge in [-0.25, -0.2) is 4.68 Å². The van der Waals surface area contributed by atoms with Crippen LogP contribution in [0.4, 0.5) is 0 Å². The molecule has 0 saturated heterocycles. The number of nitrogens with zero attached hydrogens (tertiary/aromatic N) is 2. The van der Waals surface area contributed by atoms with E-state index >= 15 is 0 Å². The predicted octanol–water partition coefficient (Wildman–Crippen LogP) is 0.449. The monoisotopic (exact) mass is 288 g/mol. The second-order valence-electron chi connectivity index (χ2n) is 4.43. The predicted molar refractivity (Wildman–Crippen MR) is 76.6 cm³/mol. The lowest BCUT2D eigenvalue weighted by molar-refractivity contribution is 0.0935. The topological polar surface area (TPSA) is 90.0 Å². The molecule has 0 fully saturated rings. The molecule has 1 rings (SSSR count). The number of carbonyl (C=O) groups is 1. The fraction of sp³-hybridized carbons (Fsp3) is 0.583. The first-order chi connectivity index (χ1) is 8.41. The second kappa shape index (κ2) is 7.25. The Morgan fingerprint density at radius 1 is 1.42 bits per heavy atom. The van der Waals surface area contributed by atoms with Crippen molar-refractivity contribution < 1.29 is 4.79 Å². The highest BCUT2D eigenvalue weighted by atomic mass is 35.5. The Labute approximate surface area is 118 Å². The van der Waals surface area contributed by atoms with E-state index in [1.165, 1.54) is 19.2 Å². The van der Waals surface area contributed by atoms with Gasteiger partial charge in [-0.15, -0.1) is 12.4 Å². The van der Waals surface area contributed by atoms with E-state index in [9.17, 15) is 9.59 Å². The highest BCUT2D eigenvalue weighted by Gasteiger charge is 2.21. The van der Waals surface area contributed by atoms with Crippen LogP contribution in [0.1, 0.15) is 37.2 Å². The fourth-order valence-electron chi connectivity index (χ4n) is 1.47. The van der Waals surface area contributed by atoms with Gasteiger partial charge in [0.15, 0.2) is 0 Å². The Morgan fingerprint density at radius 3 is 2.47 bits per heavy atom. The molecule has 3 N–H and O–H groups in total. The van der Waals surface area contributed by atoms with Gasteiger partial charge < -0.3 is 11.1 Å². The number of nitrogens with two attached hydrogens (primary N) is 1. The van der Waals surface area contributed by atoms with Gasteiger partial charge in [-0.3, -0.25) is 9.59 Å². The quantitative estimate of drug-likeness (QED) is 0.823. The standard InChI is InChI=1S/C12H20N4O2.ClH/c1-4-12(13,5-2)8-14-11(18)9-6-7-10(17)16(3)15-9;/h6-7H,4-5,8,13H2,1-3H3,(H,14,18);1H. The molecule has 1 aromatic heterocycles. The molecule has 108 valence electrons. The number of aromatic nitrogens is 2. The Bertz CT molecular complexity index is 483. The van der Waals surface area contributed by atoms with E-state index in [2.05, 4.69) is 10.4 Å². The Morgan fingerprint density at radius 2 is 2.00 bits per heavy atom. The molecule has 0 aliphatic rings. The maximum Gasteiger partial charge on any atom is 0.271 e. The van der Waals surface area contributed by atoms with Crippen LogP contribution in [0.3, 0.4) is 0 Å². The lowest BCUT2D eigenvalue weighted by Gasteiger charge is -2.26. The summed E-state index contributed by atoms with van der Waals surface area (Å²) < 4.78 is 1.13. The SMILES string of the molecule is CCC(N)(CC)CNC(=O)c1ccc(=O)n(C)n1.Cl. The number of hydrogen-bond donors (Lipinski definition) is 2. The van der Waals surface area contributed by atoms with E-state index in [1.807, 2.05) is 13.8 Å². The zero-order chi connectivity index (χ0) is 13.8. The maximum absolute atomic E-state index is 11.8. The minimum absolute atomic E-state index is 0. The molecule has 0 atom stereocenters. The van der Waals surface area contributed by atoms with Gasteiger partial charge in [0.25, 0.3) is 11.5 Å². The molecular weight excluding hydrogens is 268 g/mol. The van der Waals surface area contributed by atoms with Gasteiger partial charge in [0.05, 0.1) is 0 Å². The number of hydrogen-bond acceptors (Lipinski definition) is 4. The zero-order valence-electron chi connectivity index (χ0n) is 11.5. The molecule has 0 bridgehead atoms. The van der Waals surface area contributed by atoms with Crippen LogP contribution in [0, 0.1) is 0 Å². The molecule has 1 aromatic rings. The van der Waals surface area contributed by atoms with Crippen LogP contribution in [0.15, 0.2) is 16.9 Å². The Kier molecular flexibility index (Phi) is 6.72. The van der Waals surface area contributed by atoms with Crippen molar-refractivity contribution in [1.29, 1.82) is 0 Å². The van der Waals surface area contributed by atoms with Crippen LogP contribution in [-0.4, -0.2) is 27.8 Å². The highest BCUT2D eigenvalue weighted by molar-refractivity contribution is 5.92. The summed E-state index contributed by atoms with van der Waals surface area (Å²) in [5.41, 5.74) is 5.66. The van der Waals surface area contributed by atoms with Gasteiger partial charge in [-0.05, 0) is 18.9 Å². The molecule has 6 nitrogen and oxygen atoms in total. The second-order valence-corrected chi connectivity index (χ2v) is 4.43. The van der Waals surface area contributed by atoms with Crippen LogP contribution in [-0.2, 0) is 7.05 Å². The third-order valence-electron chi connectivity index (χ3n) is 3.20. The summed E-state index contributed by atoms with van der Waals surface area (Å²) in [4.78, 5) is 23.0. The summed E-state index contributed by atoms with van der Waals surface area (Å²) in [5, 5.41) is 6.62. The smallest absolute Gasteiger partial charge is 0.271 e. The molecule has 7 heteroatoms. The maximum atomic E-state index is 11.8. The molecule has 1 amide bonds. The fourth-order valence-corrected chi connectivity index (χ4v) is 1.47. The number of carbonyl (C=O) groups excluding carboxylic acids is 1. The summed E-state index contributed by atoms with van der Waals surface area (Å²) in [6, 6.07) is 2.73. The third kappa shape index (κ3) is 4.65. The van der Waals surface area contributed by atoms with Crippen LogP contribution < -0.4 is 16.6 Å². The van der Waals surface area contributed by atoms with Crippen LogP contribution >= 0.6 is 12.4 Å². The summed E-state index contributed by atoms with van der Waals surface area (Å²) in [6.45, 7) is 4.36. The van der Waals surface area contributed by atoms with Crippen LogP contribution in [0.5, 0.6) is 0 Å². The van der Waals surface area contributed by atoms with Gasteiger partial charge in [0, 0.05) is 25.2 Å². The highest BCUT2D eigenvalue weighted by Crippen LogP contribution is 2.09. The normalized spacial score (nSPS) is 10.7. The van der Waals surface area contributed by atoms with Crippen molar-refractivity contribution in [3.8, 4) is 0 Å². The number of nitrogens with one attached hydrogen (secondary N) is 1. The molecule has 0 unspecified atom stereocenters. The molecule has 0 aromatic carbocycles. The molecule has 0 aliphatic carbocycles. The summed E-state index contributed by atoms with van der Waals surface area (Å²) >= 11 is 0. The van der Waals surface area contributed by atoms with Crippen molar-refractivity contribution in [1.82, 2.24) is 15.1 Å². The number of rotatable bonds is 5. The lowest BCUT2D eigenvalue weighted by Crippen LogP contribution is -2.49. The van der Waals surface area contributed by atoms with Crippen LogP contribution in [0.25, 0.3) is 0 Å². The molecule has 19 heavy (non-hydrogen) atoms. The summed E-state index contributed by atoms with van der Waals surface area (Å²) in [7, 11) is 1.50. The van der Waals surface area contributed by atoms with E-state index in [0.717, 1.165) is 17.5 Å². The minimum Gasteiger partial charge on any atom is -0.349 e. The number of halogens is 1. The van der Waals surface area contributed by atoms with Crippen molar-refractivity contribution >= 4 is 18.3 Å².